The minimum Gasteiger partial charge on any atom is -0.331 e. The molecule has 0 saturated carbocycles. The monoisotopic (exact) mass is 469 g/mol. The van der Waals surface area contributed by atoms with Crippen molar-refractivity contribution in [1.29, 1.82) is 0 Å². The molecule has 0 aliphatic heterocycles. The zero-order valence-corrected chi connectivity index (χ0v) is 19.7. The quantitative estimate of drug-likeness (QED) is 0.198. The van der Waals surface area contributed by atoms with E-state index in [9.17, 15) is 9.59 Å². The van der Waals surface area contributed by atoms with Crippen molar-refractivity contribution in [2.45, 2.75) is 13.5 Å². The molecule has 0 saturated heterocycles. The van der Waals surface area contributed by atoms with Crippen molar-refractivity contribution < 1.29 is 4.79 Å². The number of benzene rings is 5. The number of aromatic nitrogens is 1. The molecule has 6 rings (SSSR count). The van der Waals surface area contributed by atoms with Gasteiger partial charge in [-0.15, -0.1) is 0 Å². The van der Waals surface area contributed by atoms with Crippen molar-refractivity contribution in [3.05, 3.63) is 118 Å². The average Bonchev–Trinajstić information content (AvgIpc) is 2.93. The molecule has 1 aromatic heterocycles. The Morgan fingerprint density at radius 3 is 1.69 bits per heavy atom. The molecular formula is C31H23N3O2. The Hall–Kier alpha value is -4.77. The van der Waals surface area contributed by atoms with Gasteiger partial charge in [0.1, 0.15) is 6.54 Å². The topological polar surface area (TPSA) is 63.5 Å². The zero-order valence-electron chi connectivity index (χ0n) is 19.7. The van der Waals surface area contributed by atoms with E-state index in [0.717, 1.165) is 38.1 Å². The number of carbonyl (C=O) groups excluding carboxylic acids is 1. The first-order valence-corrected chi connectivity index (χ1v) is 11.9. The third-order valence-electron chi connectivity index (χ3n) is 6.81. The summed E-state index contributed by atoms with van der Waals surface area (Å²) in [6, 6.07) is 31.2. The van der Waals surface area contributed by atoms with Gasteiger partial charge >= 0.3 is 0 Å². The lowest BCUT2D eigenvalue weighted by Gasteiger charge is -2.14. The fourth-order valence-electron chi connectivity index (χ4n) is 5.11. The van der Waals surface area contributed by atoms with Gasteiger partial charge in [-0.1, -0.05) is 72.8 Å². The molecule has 36 heavy (non-hydrogen) atoms. The first-order chi connectivity index (χ1) is 17.6. The maximum absolute atomic E-state index is 13.0. The first-order valence-electron chi connectivity index (χ1n) is 11.9. The van der Waals surface area contributed by atoms with Gasteiger partial charge in [0, 0.05) is 16.3 Å². The summed E-state index contributed by atoms with van der Waals surface area (Å²) in [4.78, 5) is 26.0. The van der Waals surface area contributed by atoms with E-state index in [1.165, 1.54) is 5.56 Å². The molecule has 0 unspecified atom stereocenters. The maximum atomic E-state index is 13.0. The van der Waals surface area contributed by atoms with Gasteiger partial charge in [0.2, 0.25) is 0 Å². The molecule has 0 atom stereocenters. The first kappa shape index (κ1) is 21.7. The van der Waals surface area contributed by atoms with Crippen molar-refractivity contribution >= 4 is 55.5 Å². The SMILES string of the molecule is Cc1c2ccccc2c(/C=N/NC(=O)Cn2c3ccccc3c(=O)c3ccccc32)c2ccccc12. The van der Waals surface area contributed by atoms with Gasteiger partial charge in [0.15, 0.2) is 5.43 Å². The highest BCUT2D eigenvalue weighted by Crippen LogP contribution is 2.31. The maximum Gasteiger partial charge on any atom is 0.260 e. The molecular weight excluding hydrogens is 446 g/mol. The number of rotatable bonds is 4. The van der Waals surface area contributed by atoms with Gasteiger partial charge in [-0.25, -0.2) is 5.43 Å². The third-order valence-corrected chi connectivity index (χ3v) is 6.81. The predicted molar refractivity (Wildman–Crippen MR) is 148 cm³/mol. The van der Waals surface area contributed by atoms with Gasteiger partial charge in [-0.05, 0) is 58.3 Å². The second-order valence-electron chi connectivity index (χ2n) is 8.87. The Morgan fingerprint density at radius 1 is 0.722 bits per heavy atom. The second kappa shape index (κ2) is 8.78. The molecule has 5 nitrogen and oxygen atoms in total. The van der Waals surface area contributed by atoms with Crippen LogP contribution in [0.1, 0.15) is 11.1 Å². The van der Waals surface area contributed by atoms with Gasteiger partial charge in [-0.3, -0.25) is 9.59 Å². The number of amides is 1. The highest BCUT2D eigenvalue weighted by atomic mass is 16.2. The van der Waals surface area contributed by atoms with Gasteiger partial charge < -0.3 is 4.57 Å². The highest BCUT2D eigenvalue weighted by Gasteiger charge is 2.13. The second-order valence-corrected chi connectivity index (χ2v) is 8.87. The van der Waals surface area contributed by atoms with E-state index in [-0.39, 0.29) is 17.9 Å². The number of pyridine rings is 1. The fourth-order valence-corrected chi connectivity index (χ4v) is 5.11. The molecule has 0 aliphatic rings. The standard InChI is InChI=1S/C31H23N3O2/c1-20-21-10-2-4-12-23(21)27(24-13-5-3-11-22(20)24)18-32-33-30(35)19-34-28-16-8-6-14-25(28)31(36)26-15-7-9-17-29(26)34/h2-18H,19H2,1H3,(H,33,35)/b32-18+. The Balaban J connectivity index is 1.37. The minimum absolute atomic E-state index is 0.0333. The van der Waals surface area contributed by atoms with Crippen LogP contribution in [0.15, 0.2) is 107 Å². The van der Waals surface area contributed by atoms with E-state index in [1.54, 1.807) is 18.3 Å². The summed E-state index contributed by atoms with van der Waals surface area (Å²) in [5, 5.41) is 10.0. The molecule has 1 amide bonds. The number of fused-ring (bicyclic) bond motifs is 4. The van der Waals surface area contributed by atoms with Crippen molar-refractivity contribution in [3.63, 3.8) is 0 Å². The van der Waals surface area contributed by atoms with Crippen LogP contribution in [0.3, 0.4) is 0 Å². The smallest absolute Gasteiger partial charge is 0.260 e. The van der Waals surface area contributed by atoms with Crippen molar-refractivity contribution in [2.75, 3.05) is 0 Å². The zero-order chi connectivity index (χ0) is 24.6. The molecule has 1 heterocycles. The number of nitrogens with zero attached hydrogens (tertiary/aromatic N) is 2. The van der Waals surface area contributed by atoms with E-state index in [4.69, 9.17) is 0 Å². The van der Waals surface area contributed by atoms with Gasteiger partial charge in [-0.2, -0.15) is 5.10 Å². The third kappa shape index (κ3) is 3.53. The molecule has 5 aromatic carbocycles. The fraction of sp³-hybridized carbons (Fsp3) is 0.0645. The molecule has 5 heteroatoms. The van der Waals surface area contributed by atoms with Crippen LogP contribution in [-0.2, 0) is 11.3 Å². The van der Waals surface area contributed by atoms with Crippen LogP contribution in [0.25, 0.3) is 43.4 Å². The lowest BCUT2D eigenvalue weighted by Crippen LogP contribution is -2.25. The summed E-state index contributed by atoms with van der Waals surface area (Å²) < 4.78 is 1.87. The van der Waals surface area contributed by atoms with E-state index >= 15 is 0 Å². The van der Waals surface area contributed by atoms with Crippen LogP contribution in [0.2, 0.25) is 0 Å². The molecule has 1 N–H and O–H groups in total. The van der Waals surface area contributed by atoms with Crippen LogP contribution in [0, 0.1) is 6.92 Å². The molecule has 0 radical (unpaired) electrons. The normalized spacial score (nSPS) is 11.7. The number of nitrogens with one attached hydrogen (secondary N) is 1. The van der Waals surface area contributed by atoms with Crippen molar-refractivity contribution in [1.82, 2.24) is 9.99 Å². The number of aryl methyl sites for hydroxylation is 1. The van der Waals surface area contributed by atoms with Crippen LogP contribution < -0.4 is 10.9 Å². The largest absolute Gasteiger partial charge is 0.331 e. The number of para-hydroxylation sites is 2. The average molecular weight is 470 g/mol. The van der Waals surface area contributed by atoms with Gasteiger partial charge in [0.05, 0.1) is 17.2 Å². The summed E-state index contributed by atoms with van der Waals surface area (Å²) in [6.07, 6.45) is 1.73. The molecule has 0 spiro atoms. The summed E-state index contributed by atoms with van der Waals surface area (Å²) in [5.41, 5.74) is 6.29. The highest BCUT2D eigenvalue weighted by molar-refractivity contribution is 6.15. The van der Waals surface area contributed by atoms with Crippen molar-refractivity contribution in [3.8, 4) is 0 Å². The number of hydrogen-bond acceptors (Lipinski definition) is 3. The predicted octanol–water partition coefficient (Wildman–Crippen LogP) is 5.92. The lowest BCUT2D eigenvalue weighted by molar-refractivity contribution is -0.121. The van der Waals surface area contributed by atoms with E-state index in [1.807, 2.05) is 65.2 Å². The Kier molecular flexibility index (Phi) is 5.30. The van der Waals surface area contributed by atoms with Crippen molar-refractivity contribution in [2.24, 2.45) is 5.10 Å². The van der Waals surface area contributed by atoms with Crippen LogP contribution in [0.4, 0.5) is 0 Å². The summed E-state index contributed by atoms with van der Waals surface area (Å²) in [5.74, 6) is -0.272. The molecule has 0 bridgehead atoms. The molecule has 174 valence electrons. The Bertz CT molecular complexity index is 1780. The van der Waals surface area contributed by atoms with Crippen LogP contribution in [0.5, 0.6) is 0 Å². The minimum atomic E-state index is -0.272. The number of hydrazone groups is 1. The Morgan fingerprint density at radius 2 is 1.17 bits per heavy atom. The molecule has 0 fully saturated rings. The summed E-state index contributed by atoms with van der Waals surface area (Å²) >= 11 is 0. The van der Waals surface area contributed by atoms with E-state index in [0.29, 0.717) is 10.8 Å². The number of carbonyl (C=O) groups is 1. The van der Waals surface area contributed by atoms with Crippen LogP contribution in [-0.4, -0.2) is 16.7 Å². The molecule has 6 aromatic rings. The summed E-state index contributed by atoms with van der Waals surface area (Å²) in [6.45, 7) is 2.17. The van der Waals surface area contributed by atoms with E-state index in [2.05, 4.69) is 41.7 Å². The summed E-state index contributed by atoms with van der Waals surface area (Å²) in [7, 11) is 0. The Labute approximate surface area is 207 Å². The van der Waals surface area contributed by atoms with Gasteiger partial charge in [0.25, 0.3) is 5.91 Å². The lowest BCUT2D eigenvalue weighted by atomic mass is 9.93. The molecule has 0 aliphatic carbocycles. The van der Waals surface area contributed by atoms with Crippen LogP contribution >= 0.6 is 0 Å². The van der Waals surface area contributed by atoms with E-state index < -0.39 is 0 Å². The number of hydrogen-bond donors (Lipinski definition) is 1.